The third kappa shape index (κ3) is 7.21. The third-order valence-corrected chi connectivity index (χ3v) is 9.18. The Balaban J connectivity index is 0.00000384. The van der Waals surface area contributed by atoms with Gasteiger partial charge in [0.25, 0.3) is 5.91 Å². The van der Waals surface area contributed by atoms with E-state index in [1.165, 1.54) is 6.42 Å². The van der Waals surface area contributed by atoms with Gasteiger partial charge in [0.15, 0.2) is 5.60 Å². The summed E-state index contributed by atoms with van der Waals surface area (Å²) in [5, 5.41) is 10.2. The van der Waals surface area contributed by atoms with Crippen LogP contribution in [0.25, 0.3) is 11.1 Å². The minimum absolute atomic E-state index is 0. The number of nitrogens with zero attached hydrogens (tertiary/aromatic N) is 4. The van der Waals surface area contributed by atoms with Gasteiger partial charge in [-0.2, -0.15) is 5.10 Å². The van der Waals surface area contributed by atoms with Crippen LogP contribution in [0, 0.1) is 5.92 Å². The Hall–Kier alpha value is -3.56. The lowest BCUT2D eigenvalue weighted by Gasteiger charge is -2.42. The molecule has 2 amide bonds. The lowest BCUT2D eigenvalue weighted by molar-refractivity contribution is -0.146. The predicted octanol–water partition coefficient (Wildman–Crippen LogP) is 4.89. The Morgan fingerprint density at radius 3 is 2.45 bits per heavy atom. The number of rotatable bonds is 9. The second kappa shape index (κ2) is 14.0. The first-order valence-corrected chi connectivity index (χ1v) is 15.8. The molecule has 0 unspecified atom stereocenters. The van der Waals surface area contributed by atoms with Crippen molar-refractivity contribution >= 4 is 29.9 Å². The van der Waals surface area contributed by atoms with E-state index in [1.807, 2.05) is 49.3 Å². The quantitative estimate of drug-likeness (QED) is 0.354. The van der Waals surface area contributed by atoms with Crippen LogP contribution in [0.3, 0.4) is 0 Å². The van der Waals surface area contributed by atoms with Crippen molar-refractivity contribution in [3.8, 4) is 16.9 Å². The number of ether oxygens (including phenoxy) is 1. The van der Waals surface area contributed by atoms with Gasteiger partial charge in [0, 0.05) is 75.4 Å². The summed E-state index contributed by atoms with van der Waals surface area (Å²) in [5.74, 6) is 0.906. The van der Waals surface area contributed by atoms with E-state index >= 15 is 0 Å². The van der Waals surface area contributed by atoms with Gasteiger partial charge in [0.05, 0.1) is 12.1 Å². The molecule has 1 aromatic heterocycles. The summed E-state index contributed by atoms with van der Waals surface area (Å²) in [7, 11) is 0. The Labute approximate surface area is 266 Å². The summed E-state index contributed by atoms with van der Waals surface area (Å²) in [6, 6.07) is 16.8. The zero-order valence-corrected chi connectivity index (χ0v) is 26.7. The number of nitrogens with one attached hydrogen (secondary N) is 2. The number of amides is 2. The molecule has 2 aromatic carbocycles. The van der Waals surface area contributed by atoms with Crippen LogP contribution >= 0.6 is 12.4 Å². The zero-order chi connectivity index (χ0) is 29.8. The maximum atomic E-state index is 14.1. The number of aromatic amines is 1. The third-order valence-electron chi connectivity index (χ3n) is 9.18. The first kappa shape index (κ1) is 31.9. The van der Waals surface area contributed by atoms with Crippen molar-refractivity contribution in [3.05, 3.63) is 66.5 Å². The molecule has 0 radical (unpaired) electrons. The Bertz CT molecular complexity index is 1390. The molecule has 2 saturated heterocycles. The van der Waals surface area contributed by atoms with E-state index in [0.717, 1.165) is 67.7 Å². The molecule has 0 bridgehead atoms. The lowest BCUT2D eigenvalue weighted by Crippen LogP contribution is -2.54. The van der Waals surface area contributed by atoms with E-state index in [2.05, 4.69) is 55.6 Å². The molecule has 6 rings (SSSR count). The van der Waals surface area contributed by atoms with Crippen LogP contribution in [-0.2, 0) is 16.1 Å². The number of hydrogen-bond donors (Lipinski definition) is 2. The molecule has 10 heteroatoms. The van der Waals surface area contributed by atoms with Crippen LogP contribution in [0.4, 0.5) is 5.69 Å². The first-order valence-electron chi connectivity index (χ1n) is 15.8. The number of carbonyl (C=O) groups is 2. The number of H-pyrrole nitrogens is 1. The molecule has 3 heterocycles. The van der Waals surface area contributed by atoms with E-state index in [4.69, 9.17) is 4.74 Å². The summed E-state index contributed by atoms with van der Waals surface area (Å²) >= 11 is 0. The number of carbonyl (C=O) groups excluding carboxylic acids is 2. The second-order valence-electron chi connectivity index (χ2n) is 12.7. The van der Waals surface area contributed by atoms with E-state index in [1.54, 1.807) is 0 Å². The molecule has 1 saturated carbocycles. The van der Waals surface area contributed by atoms with Gasteiger partial charge in [-0.3, -0.25) is 14.7 Å². The van der Waals surface area contributed by atoms with Gasteiger partial charge in [-0.1, -0.05) is 30.3 Å². The highest BCUT2D eigenvalue weighted by atomic mass is 35.5. The summed E-state index contributed by atoms with van der Waals surface area (Å²) in [4.78, 5) is 33.6. The Morgan fingerprint density at radius 2 is 1.77 bits per heavy atom. The normalized spacial score (nSPS) is 19.1. The fourth-order valence-electron chi connectivity index (χ4n) is 6.47. The van der Waals surface area contributed by atoms with E-state index in [9.17, 15) is 9.59 Å². The predicted molar refractivity (Wildman–Crippen MR) is 175 cm³/mol. The molecule has 1 aliphatic carbocycles. The number of aromatic nitrogens is 2. The summed E-state index contributed by atoms with van der Waals surface area (Å²) in [5.41, 5.74) is 3.40. The van der Waals surface area contributed by atoms with Crippen LogP contribution in [0.1, 0.15) is 51.5 Å². The highest BCUT2D eigenvalue weighted by Gasteiger charge is 2.36. The van der Waals surface area contributed by atoms with Crippen molar-refractivity contribution in [1.29, 1.82) is 0 Å². The number of piperidine rings is 1. The van der Waals surface area contributed by atoms with Crippen molar-refractivity contribution in [2.45, 2.75) is 64.1 Å². The minimum atomic E-state index is -0.962. The summed E-state index contributed by atoms with van der Waals surface area (Å²) < 4.78 is 6.29. The van der Waals surface area contributed by atoms with Crippen molar-refractivity contribution in [1.82, 2.24) is 25.3 Å². The standard InChI is InChI=1S/C34H44N6O3.ClH/c1-34(2,33(42)38-18-15-35-16-19-38)43-31-10-4-9-30(20-31)39-17-5-6-27(24-39)32(41)40(29-7-3-8-29)23-25-11-13-26(14-12-25)28-21-36-37-22-28;/h4,9-14,20-22,27,29,35H,3,5-8,15-19,23-24H2,1-2H3,(H,36,37);1H/t27-;/m1./s1. The summed E-state index contributed by atoms with van der Waals surface area (Å²) in [6.45, 7) is 8.94. The highest BCUT2D eigenvalue weighted by molar-refractivity contribution is 5.85. The average molecular weight is 621 g/mol. The number of hydrogen-bond acceptors (Lipinski definition) is 6. The molecule has 236 valence electrons. The zero-order valence-electron chi connectivity index (χ0n) is 25.8. The number of benzene rings is 2. The van der Waals surface area contributed by atoms with Crippen molar-refractivity contribution in [2.24, 2.45) is 5.92 Å². The first-order chi connectivity index (χ1) is 20.9. The lowest BCUT2D eigenvalue weighted by atomic mass is 9.88. The van der Waals surface area contributed by atoms with Gasteiger partial charge >= 0.3 is 0 Å². The van der Waals surface area contributed by atoms with Gasteiger partial charge in [0.1, 0.15) is 5.75 Å². The molecule has 9 nitrogen and oxygen atoms in total. The van der Waals surface area contributed by atoms with Crippen LogP contribution in [0.2, 0.25) is 0 Å². The topological polar surface area (TPSA) is 93.8 Å². The van der Waals surface area contributed by atoms with Gasteiger partial charge in [0.2, 0.25) is 5.91 Å². The smallest absolute Gasteiger partial charge is 0.266 e. The summed E-state index contributed by atoms with van der Waals surface area (Å²) in [6.07, 6.45) is 8.93. The van der Waals surface area contributed by atoms with Gasteiger partial charge < -0.3 is 24.8 Å². The number of piperazine rings is 1. The average Bonchev–Trinajstić information content (AvgIpc) is 3.55. The monoisotopic (exact) mass is 620 g/mol. The number of anilines is 1. The maximum Gasteiger partial charge on any atom is 0.266 e. The van der Waals surface area contributed by atoms with Gasteiger partial charge in [-0.15, -0.1) is 12.4 Å². The van der Waals surface area contributed by atoms with Gasteiger partial charge in [-0.05, 0) is 69.2 Å². The molecule has 3 aliphatic rings. The molecule has 44 heavy (non-hydrogen) atoms. The molecule has 2 N–H and O–H groups in total. The van der Waals surface area contributed by atoms with Crippen LogP contribution in [-0.4, -0.2) is 82.7 Å². The molecule has 3 fully saturated rings. The van der Waals surface area contributed by atoms with Crippen LogP contribution in [0.15, 0.2) is 60.9 Å². The molecule has 3 aromatic rings. The number of halogens is 1. The fraction of sp³-hybridized carbons (Fsp3) is 0.500. The van der Waals surface area contributed by atoms with Crippen molar-refractivity contribution in [3.63, 3.8) is 0 Å². The largest absolute Gasteiger partial charge is 0.478 e. The van der Waals surface area contributed by atoms with Crippen LogP contribution < -0.4 is 15.0 Å². The second-order valence-corrected chi connectivity index (χ2v) is 12.7. The van der Waals surface area contributed by atoms with Crippen molar-refractivity contribution < 1.29 is 14.3 Å². The fourth-order valence-corrected chi connectivity index (χ4v) is 6.47. The Morgan fingerprint density at radius 1 is 1.00 bits per heavy atom. The SMILES string of the molecule is CC(C)(Oc1cccc(N2CCC[C@@H](C(=O)N(Cc3ccc(-c4cn[nH]c4)cc3)C3CCC3)C2)c1)C(=O)N1CCNCC1.Cl. The molecule has 2 aliphatic heterocycles. The highest BCUT2D eigenvalue weighted by Crippen LogP contribution is 2.33. The van der Waals surface area contributed by atoms with E-state index in [0.29, 0.717) is 38.0 Å². The Kier molecular flexibility index (Phi) is 10.2. The van der Waals surface area contributed by atoms with Gasteiger partial charge in [-0.25, -0.2) is 0 Å². The van der Waals surface area contributed by atoms with Crippen molar-refractivity contribution in [2.75, 3.05) is 44.2 Å². The van der Waals surface area contributed by atoms with Crippen LogP contribution in [0.5, 0.6) is 5.75 Å². The molecule has 0 spiro atoms. The maximum absolute atomic E-state index is 14.1. The minimum Gasteiger partial charge on any atom is -0.478 e. The molecule has 1 atom stereocenters. The van der Waals surface area contributed by atoms with E-state index in [-0.39, 0.29) is 30.1 Å². The molecular formula is C34H45ClN6O3. The van der Waals surface area contributed by atoms with E-state index < -0.39 is 5.60 Å². The molecular weight excluding hydrogens is 576 g/mol.